The second kappa shape index (κ2) is 12.2. The van der Waals surface area contributed by atoms with Gasteiger partial charge in [0.2, 0.25) is 5.36 Å². The van der Waals surface area contributed by atoms with Crippen LogP contribution in [0.1, 0.15) is 38.1 Å². The first-order valence-electron chi connectivity index (χ1n) is 12.2. The molecule has 6 nitrogen and oxygen atoms in total. The van der Waals surface area contributed by atoms with Crippen molar-refractivity contribution in [3.8, 4) is 22.5 Å². The number of aliphatic imine (C=N–C) groups is 1. The van der Waals surface area contributed by atoms with E-state index >= 15 is 0 Å². The summed E-state index contributed by atoms with van der Waals surface area (Å²) in [7, 11) is 0. The Kier molecular flexibility index (Phi) is 9.22. The van der Waals surface area contributed by atoms with Crippen molar-refractivity contribution in [3.05, 3.63) is 65.5 Å². The number of benzene rings is 3. The minimum absolute atomic E-state index is 0. The van der Waals surface area contributed by atoms with E-state index in [0.717, 1.165) is 53.7 Å². The van der Waals surface area contributed by atoms with Crippen LogP contribution >= 0.6 is 24.6 Å². The van der Waals surface area contributed by atoms with Crippen LogP contribution in [0, 0.1) is 0 Å². The summed E-state index contributed by atoms with van der Waals surface area (Å²) in [5.41, 5.74) is 4.39. The lowest BCUT2D eigenvalue weighted by molar-refractivity contribution is 0.0697. The molecule has 0 spiro atoms. The Hall–Kier alpha value is -3.51. The number of nitrogens with zero attached hydrogens (tertiary/aromatic N) is 3. The van der Waals surface area contributed by atoms with Gasteiger partial charge in [-0.25, -0.2) is 9.37 Å². The van der Waals surface area contributed by atoms with Crippen molar-refractivity contribution >= 4 is 58.1 Å². The van der Waals surface area contributed by atoms with Crippen molar-refractivity contribution in [2.75, 3.05) is 31.1 Å². The van der Waals surface area contributed by atoms with Gasteiger partial charge in [0, 0.05) is 53.0 Å². The second-order valence-electron chi connectivity index (χ2n) is 8.39. The molecule has 0 bridgehead atoms. The number of hydrogen-bond acceptors (Lipinski definition) is 5. The minimum Gasteiger partial charge on any atom is -0.478 e. The number of carbonyl (C=O) groups is 1. The van der Waals surface area contributed by atoms with Gasteiger partial charge in [0.25, 0.3) is 0 Å². The highest BCUT2D eigenvalue weighted by atomic mass is 35.5. The van der Waals surface area contributed by atoms with E-state index in [9.17, 15) is 9.90 Å². The molecule has 1 aliphatic heterocycles. The predicted molar refractivity (Wildman–Crippen MR) is 157 cm³/mol. The molecule has 0 fully saturated rings. The zero-order valence-corrected chi connectivity index (χ0v) is 23.1. The first-order valence-corrected chi connectivity index (χ1v) is 12.7. The maximum absolute atomic E-state index is 12.3. The van der Waals surface area contributed by atoms with Gasteiger partial charge in [0.1, 0.15) is 24.4 Å². The average molecular weight is 537 g/mol. The van der Waals surface area contributed by atoms with E-state index in [4.69, 9.17) is 16.6 Å². The maximum Gasteiger partial charge on any atom is 0.336 e. The zero-order valence-electron chi connectivity index (χ0n) is 21.4. The molecular formula is C29H31ClN3O3S+. The van der Waals surface area contributed by atoms with Gasteiger partial charge in [0.15, 0.2) is 0 Å². The lowest BCUT2D eigenvalue weighted by atomic mass is 9.89. The molecule has 0 radical (unpaired) electrons. The fourth-order valence-electron chi connectivity index (χ4n) is 4.83. The van der Waals surface area contributed by atoms with Crippen molar-refractivity contribution in [1.29, 1.82) is 0 Å². The van der Waals surface area contributed by atoms with Crippen LogP contribution in [0.5, 0.6) is 0 Å². The molecule has 0 amide bonds. The van der Waals surface area contributed by atoms with Gasteiger partial charge < -0.3 is 14.4 Å². The molecule has 0 aromatic heterocycles. The Morgan fingerprint density at radius 1 is 1.03 bits per heavy atom. The van der Waals surface area contributed by atoms with E-state index in [1.54, 1.807) is 18.2 Å². The van der Waals surface area contributed by atoms with Crippen LogP contribution in [-0.2, 0) is 0 Å². The van der Waals surface area contributed by atoms with Crippen LogP contribution in [0.3, 0.4) is 0 Å². The van der Waals surface area contributed by atoms with Crippen molar-refractivity contribution in [3.63, 3.8) is 0 Å². The topological polar surface area (TPSA) is 69.1 Å². The fourth-order valence-corrected chi connectivity index (χ4v) is 4.93. The highest BCUT2D eigenvalue weighted by Gasteiger charge is 2.25. The molecule has 2 aromatic carbocycles. The van der Waals surface area contributed by atoms with E-state index in [1.807, 2.05) is 24.3 Å². The molecule has 2 aliphatic rings. The number of halogens is 1. The van der Waals surface area contributed by atoms with Gasteiger partial charge in [0.05, 0.1) is 22.5 Å². The molecule has 192 valence electrons. The van der Waals surface area contributed by atoms with Gasteiger partial charge in [-0.1, -0.05) is 6.07 Å². The number of fused-ring (bicyclic) bond motifs is 2. The summed E-state index contributed by atoms with van der Waals surface area (Å²) in [5, 5.41) is 14.4. The third-order valence-electron chi connectivity index (χ3n) is 6.64. The SMILES string of the molecule is CCN(CC)c1ccc2c(-c3c(N=C=S)cccc3C(=O)O)c3ccc(=[N+](CC)CC)cc-3oc2c1.Cl. The standard InChI is InChI=1S/C29H29N3O3S.ClH/c1-5-31(6-2)19-12-14-21-25(16-19)35-26-17-20(32(7-3)8-4)13-15-22(26)27(21)28-23(29(33)34)10-9-11-24(28)30-18-36;/h9-17H,5-8H2,1-4H3;1H/p+1. The second-order valence-corrected chi connectivity index (χ2v) is 8.57. The predicted octanol–water partition coefficient (Wildman–Crippen LogP) is 6.72. The van der Waals surface area contributed by atoms with Gasteiger partial charge >= 0.3 is 5.97 Å². The summed E-state index contributed by atoms with van der Waals surface area (Å²) < 4.78 is 8.75. The highest BCUT2D eigenvalue weighted by molar-refractivity contribution is 7.78. The molecule has 0 saturated carbocycles. The Morgan fingerprint density at radius 3 is 2.38 bits per heavy atom. The van der Waals surface area contributed by atoms with Gasteiger partial charge in [-0.3, -0.25) is 0 Å². The number of aromatic carboxylic acids is 1. The zero-order chi connectivity index (χ0) is 25.8. The first-order chi connectivity index (χ1) is 17.5. The van der Waals surface area contributed by atoms with E-state index in [2.05, 4.69) is 59.5 Å². The summed E-state index contributed by atoms with van der Waals surface area (Å²) in [4.78, 5) is 18.8. The highest BCUT2D eigenvalue weighted by Crippen LogP contribution is 2.45. The monoisotopic (exact) mass is 536 g/mol. The Bertz CT molecular complexity index is 1510. The van der Waals surface area contributed by atoms with Crippen LogP contribution < -0.4 is 14.8 Å². The number of anilines is 1. The number of thiocarbonyl (C=S) groups is 1. The quantitative estimate of drug-likeness (QED) is 0.117. The third-order valence-corrected chi connectivity index (χ3v) is 6.73. The van der Waals surface area contributed by atoms with E-state index < -0.39 is 5.97 Å². The summed E-state index contributed by atoms with van der Waals surface area (Å²) >= 11 is 4.90. The molecular weight excluding hydrogens is 506 g/mol. The number of rotatable bonds is 8. The third kappa shape index (κ3) is 5.30. The van der Waals surface area contributed by atoms with Crippen LogP contribution in [0.2, 0.25) is 0 Å². The Morgan fingerprint density at radius 2 is 1.76 bits per heavy atom. The van der Waals surface area contributed by atoms with Crippen molar-refractivity contribution in [2.24, 2.45) is 4.99 Å². The van der Waals surface area contributed by atoms with Gasteiger partial charge in [-0.15, -0.1) is 12.4 Å². The molecule has 37 heavy (non-hydrogen) atoms. The van der Waals surface area contributed by atoms with Crippen molar-refractivity contribution < 1.29 is 14.3 Å². The van der Waals surface area contributed by atoms with Crippen LogP contribution in [-0.4, -0.2) is 42.4 Å². The molecule has 0 saturated heterocycles. The lowest BCUT2D eigenvalue weighted by Gasteiger charge is -2.23. The fraction of sp³-hybridized carbons (Fsp3) is 0.276. The molecule has 8 heteroatoms. The summed E-state index contributed by atoms with van der Waals surface area (Å²) in [6, 6.07) is 17.2. The van der Waals surface area contributed by atoms with Crippen LogP contribution in [0.15, 0.2) is 64.0 Å². The maximum atomic E-state index is 12.3. The summed E-state index contributed by atoms with van der Waals surface area (Å²) in [6.45, 7) is 11.9. The van der Waals surface area contributed by atoms with Gasteiger partial charge in [-0.2, -0.15) is 4.99 Å². The molecule has 4 rings (SSSR count). The minimum atomic E-state index is -1.03. The van der Waals surface area contributed by atoms with Crippen molar-refractivity contribution in [1.82, 2.24) is 4.58 Å². The van der Waals surface area contributed by atoms with Crippen molar-refractivity contribution in [2.45, 2.75) is 27.7 Å². The summed E-state index contributed by atoms with van der Waals surface area (Å²) in [5.74, 6) is -0.357. The normalized spacial score (nSPS) is 10.6. The number of isothiocyanates is 1. The largest absolute Gasteiger partial charge is 0.478 e. The molecule has 2 aromatic rings. The molecule has 1 heterocycles. The average Bonchev–Trinajstić information content (AvgIpc) is 2.89. The van der Waals surface area contributed by atoms with Crippen LogP contribution in [0.25, 0.3) is 33.4 Å². The molecule has 1 N–H and O–H groups in total. The number of hydrogen-bond donors (Lipinski definition) is 1. The van der Waals surface area contributed by atoms with E-state index in [1.165, 1.54) is 0 Å². The molecule has 0 atom stereocenters. The smallest absolute Gasteiger partial charge is 0.336 e. The van der Waals surface area contributed by atoms with E-state index in [0.29, 0.717) is 22.6 Å². The Labute approximate surface area is 228 Å². The number of carboxylic acids is 1. The summed E-state index contributed by atoms with van der Waals surface area (Å²) in [6.07, 6.45) is 0. The lowest BCUT2D eigenvalue weighted by Crippen LogP contribution is -2.29. The van der Waals surface area contributed by atoms with E-state index in [-0.39, 0.29) is 18.0 Å². The van der Waals surface area contributed by atoms with Gasteiger partial charge in [-0.05, 0) is 70.2 Å². The Balaban J connectivity index is 0.00000380. The van der Waals surface area contributed by atoms with Crippen LogP contribution in [0.4, 0.5) is 11.4 Å². The number of carboxylic acid groups (broad SMARTS) is 1. The molecule has 1 aliphatic carbocycles. The molecule has 0 unspecified atom stereocenters. The first kappa shape index (κ1) is 28.1.